The van der Waals surface area contributed by atoms with E-state index < -0.39 is 21.9 Å². The van der Waals surface area contributed by atoms with Crippen molar-refractivity contribution in [2.75, 3.05) is 10.6 Å². The summed E-state index contributed by atoms with van der Waals surface area (Å²) in [6.07, 6.45) is -0.168. The molecule has 0 radical (unpaired) electrons. The van der Waals surface area contributed by atoms with Gasteiger partial charge >= 0.3 is 6.09 Å². The number of hydrogen-bond acceptors (Lipinski definition) is 4. The number of anilines is 1. The van der Waals surface area contributed by atoms with Gasteiger partial charge in [-0.25, -0.2) is 17.6 Å². The van der Waals surface area contributed by atoms with Gasteiger partial charge in [0.25, 0.3) is 0 Å². The Balaban J connectivity index is 2.19. The minimum atomic E-state index is -3.90. The molecular weight excluding hydrogens is 309 g/mol. The highest BCUT2D eigenvalue weighted by atomic mass is 32.2. The Labute approximate surface area is 128 Å². The first-order valence-corrected chi connectivity index (χ1v) is 8.19. The summed E-state index contributed by atoms with van der Waals surface area (Å²) in [4.78, 5) is 12.1. The van der Waals surface area contributed by atoms with Gasteiger partial charge in [-0.15, -0.1) is 0 Å². The lowest BCUT2D eigenvalue weighted by Crippen LogP contribution is -2.36. The standard InChI is InChI=1S/C15H14FNO4S/c1-22(19,20)17(14-9-7-13(16)8-10-14)15(18)21-11-12-5-3-2-4-6-12/h2-10H,11H2,1H3. The van der Waals surface area contributed by atoms with E-state index in [1.165, 1.54) is 12.1 Å². The molecule has 0 unspecified atom stereocenters. The summed E-state index contributed by atoms with van der Waals surface area (Å²) < 4.78 is 42.0. The van der Waals surface area contributed by atoms with Crippen molar-refractivity contribution in [3.05, 3.63) is 66.0 Å². The molecule has 0 aliphatic rings. The summed E-state index contributed by atoms with van der Waals surface area (Å²) in [5, 5.41) is 0. The van der Waals surface area contributed by atoms with E-state index in [0.717, 1.165) is 24.0 Å². The molecule has 2 aromatic rings. The van der Waals surface area contributed by atoms with Gasteiger partial charge in [0, 0.05) is 0 Å². The van der Waals surface area contributed by atoms with Crippen LogP contribution in [0.25, 0.3) is 0 Å². The van der Waals surface area contributed by atoms with E-state index in [2.05, 4.69) is 0 Å². The second kappa shape index (κ2) is 6.57. The lowest BCUT2D eigenvalue weighted by molar-refractivity contribution is 0.151. The molecule has 0 fully saturated rings. The summed E-state index contributed by atoms with van der Waals surface area (Å²) >= 11 is 0. The quantitative estimate of drug-likeness (QED) is 0.868. The smallest absolute Gasteiger partial charge is 0.428 e. The third kappa shape index (κ3) is 4.05. The Bertz CT molecular complexity index is 745. The van der Waals surface area contributed by atoms with Crippen LogP contribution in [0.5, 0.6) is 0 Å². The third-order valence-electron chi connectivity index (χ3n) is 2.76. The number of hydrogen-bond donors (Lipinski definition) is 0. The van der Waals surface area contributed by atoms with E-state index in [-0.39, 0.29) is 12.3 Å². The number of halogens is 1. The summed E-state index contributed by atoms with van der Waals surface area (Å²) in [6, 6.07) is 13.4. The monoisotopic (exact) mass is 323 g/mol. The van der Waals surface area contributed by atoms with E-state index in [0.29, 0.717) is 4.31 Å². The first-order valence-electron chi connectivity index (χ1n) is 6.34. The molecule has 0 saturated heterocycles. The highest BCUT2D eigenvalue weighted by Crippen LogP contribution is 2.19. The fraction of sp³-hybridized carbons (Fsp3) is 0.133. The normalized spacial score (nSPS) is 11.0. The van der Waals surface area contributed by atoms with Gasteiger partial charge in [-0.1, -0.05) is 30.3 Å². The van der Waals surface area contributed by atoms with Crippen LogP contribution in [0.1, 0.15) is 5.56 Å². The van der Waals surface area contributed by atoms with E-state index in [1.54, 1.807) is 24.3 Å². The van der Waals surface area contributed by atoms with Gasteiger partial charge in [0.15, 0.2) is 0 Å². The van der Waals surface area contributed by atoms with Crippen LogP contribution in [0.3, 0.4) is 0 Å². The second-order valence-electron chi connectivity index (χ2n) is 4.54. The Morgan fingerprint density at radius 1 is 1.09 bits per heavy atom. The Kier molecular flexibility index (Phi) is 4.77. The zero-order chi connectivity index (χ0) is 16.2. The van der Waals surface area contributed by atoms with Crippen LogP contribution in [0.15, 0.2) is 54.6 Å². The zero-order valence-electron chi connectivity index (χ0n) is 11.8. The summed E-state index contributed by atoms with van der Waals surface area (Å²) in [5.41, 5.74) is 0.741. The molecule has 116 valence electrons. The maximum absolute atomic E-state index is 12.9. The van der Waals surface area contributed by atoms with Crippen LogP contribution >= 0.6 is 0 Å². The molecule has 0 spiro atoms. The summed E-state index contributed by atoms with van der Waals surface area (Å²) in [7, 11) is -3.90. The molecule has 0 aromatic heterocycles. The van der Waals surface area contributed by atoms with Crippen molar-refractivity contribution >= 4 is 21.8 Å². The van der Waals surface area contributed by atoms with Crippen molar-refractivity contribution in [1.29, 1.82) is 0 Å². The number of rotatable bonds is 4. The van der Waals surface area contributed by atoms with Crippen LogP contribution in [0, 0.1) is 5.82 Å². The maximum atomic E-state index is 12.9. The van der Waals surface area contributed by atoms with Crippen molar-refractivity contribution in [2.45, 2.75) is 6.61 Å². The lowest BCUT2D eigenvalue weighted by Gasteiger charge is -2.19. The average Bonchev–Trinajstić information content (AvgIpc) is 2.47. The highest BCUT2D eigenvalue weighted by molar-refractivity contribution is 7.92. The SMILES string of the molecule is CS(=O)(=O)N(C(=O)OCc1ccccc1)c1ccc(F)cc1. The van der Waals surface area contributed by atoms with E-state index in [4.69, 9.17) is 4.74 Å². The van der Waals surface area contributed by atoms with Crippen LogP contribution in [0.4, 0.5) is 14.9 Å². The molecule has 1 amide bonds. The Hall–Kier alpha value is -2.41. The van der Waals surface area contributed by atoms with Gasteiger partial charge < -0.3 is 4.74 Å². The minimum Gasteiger partial charge on any atom is -0.444 e. The minimum absolute atomic E-state index is 0.0157. The molecule has 0 aliphatic heterocycles. The van der Waals surface area contributed by atoms with Crippen molar-refractivity contribution < 1.29 is 22.3 Å². The van der Waals surface area contributed by atoms with Gasteiger partial charge in [-0.05, 0) is 29.8 Å². The van der Waals surface area contributed by atoms with Crippen LogP contribution in [0.2, 0.25) is 0 Å². The average molecular weight is 323 g/mol. The maximum Gasteiger partial charge on any atom is 0.428 e. The Morgan fingerprint density at radius 3 is 2.23 bits per heavy atom. The molecule has 0 N–H and O–H groups in total. The fourth-order valence-corrected chi connectivity index (χ4v) is 2.61. The predicted molar refractivity (Wildman–Crippen MR) is 80.3 cm³/mol. The van der Waals surface area contributed by atoms with Gasteiger partial charge in [-0.2, -0.15) is 4.31 Å². The van der Waals surface area contributed by atoms with Crippen molar-refractivity contribution in [3.8, 4) is 0 Å². The molecule has 2 rings (SSSR count). The van der Waals surface area contributed by atoms with E-state index >= 15 is 0 Å². The second-order valence-corrected chi connectivity index (χ2v) is 6.38. The Morgan fingerprint density at radius 2 is 1.68 bits per heavy atom. The largest absolute Gasteiger partial charge is 0.444 e. The molecule has 7 heteroatoms. The molecule has 22 heavy (non-hydrogen) atoms. The summed E-state index contributed by atoms with van der Waals surface area (Å²) in [6.45, 7) is -0.0626. The number of nitrogens with zero attached hydrogens (tertiary/aromatic N) is 1. The lowest BCUT2D eigenvalue weighted by atomic mass is 10.2. The number of amides is 1. The molecule has 0 atom stereocenters. The van der Waals surface area contributed by atoms with Gasteiger partial charge in [-0.3, -0.25) is 0 Å². The fourth-order valence-electron chi connectivity index (χ4n) is 1.79. The van der Waals surface area contributed by atoms with Crippen molar-refractivity contribution in [1.82, 2.24) is 0 Å². The van der Waals surface area contributed by atoms with E-state index in [9.17, 15) is 17.6 Å². The van der Waals surface area contributed by atoms with Crippen LogP contribution < -0.4 is 4.31 Å². The number of sulfonamides is 1. The van der Waals surface area contributed by atoms with Crippen LogP contribution in [-0.4, -0.2) is 20.8 Å². The van der Waals surface area contributed by atoms with Gasteiger partial charge in [0.05, 0.1) is 11.9 Å². The molecule has 0 aliphatic carbocycles. The van der Waals surface area contributed by atoms with E-state index in [1.807, 2.05) is 6.07 Å². The van der Waals surface area contributed by atoms with Crippen molar-refractivity contribution in [3.63, 3.8) is 0 Å². The zero-order valence-corrected chi connectivity index (χ0v) is 12.6. The number of carbonyl (C=O) groups is 1. The van der Waals surface area contributed by atoms with Gasteiger partial charge in [0.1, 0.15) is 12.4 Å². The highest BCUT2D eigenvalue weighted by Gasteiger charge is 2.26. The molecule has 0 bridgehead atoms. The molecule has 5 nitrogen and oxygen atoms in total. The first-order chi connectivity index (χ1) is 10.4. The number of ether oxygens (including phenoxy) is 1. The number of benzene rings is 2. The molecule has 2 aromatic carbocycles. The number of carbonyl (C=O) groups excluding carboxylic acids is 1. The molecular formula is C15H14FNO4S. The van der Waals surface area contributed by atoms with Gasteiger partial charge in [0.2, 0.25) is 10.0 Å². The predicted octanol–water partition coefficient (Wildman–Crippen LogP) is 2.93. The van der Waals surface area contributed by atoms with Crippen molar-refractivity contribution in [2.24, 2.45) is 0 Å². The van der Waals surface area contributed by atoms with Crippen LogP contribution in [-0.2, 0) is 21.4 Å². The summed E-state index contributed by atoms with van der Waals surface area (Å²) in [5.74, 6) is -0.533. The molecule has 0 saturated carbocycles. The third-order valence-corrected chi connectivity index (χ3v) is 3.79. The molecule has 0 heterocycles. The first kappa shape index (κ1) is 16.0. The topological polar surface area (TPSA) is 63.7 Å².